The zero-order valence-electron chi connectivity index (χ0n) is 18.2. The van der Waals surface area contributed by atoms with Gasteiger partial charge in [0, 0.05) is 44.6 Å². The Hall–Kier alpha value is -1.96. The fraction of sp³-hybridized carbons (Fsp3) is 0.818. The van der Waals surface area contributed by atoms with Crippen LogP contribution >= 0.6 is 0 Å². The van der Waals surface area contributed by atoms with Gasteiger partial charge in [0.2, 0.25) is 11.8 Å². The number of likely N-dealkylation sites (tertiary alicyclic amines) is 2. The SMILES string of the molecule is CN1C[C@@H](NC(=O)CC2CCCC2)CC[C@@H](C(=O)N2CCC(c3ncn[nH]3)CC2)C1. The van der Waals surface area contributed by atoms with Crippen molar-refractivity contribution in [2.24, 2.45) is 11.8 Å². The van der Waals surface area contributed by atoms with E-state index in [-0.39, 0.29) is 23.8 Å². The Morgan fingerprint density at radius 1 is 1.10 bits per heavy atom. The van der Waals surface area contributed by atoms with E-state index in [0.29, 0.717) is 18.3 Å². The van der Waals surface area contributed by atoms with E-state index >= 15 is 0 Å². The molecule has 0 bridgehead atoms. The first-order valence-corrected chi connectivity index (χ1v) is 11.7. The summed E-state index contributed by atoms with van der Waals surface area (Å²) in [7, 11) is 2.07. The second-order valence-electron chi connectivity index (χ2n) is 9.58. The maximum Gasteiger partial charge on any atom is 0.226 e. The van der Waals surface area contributed by atoms with Gasteiger partial charge < -0.3 is 15.1 Å². The number of aromatic amines is 1. The van der Waals surface area contributed by atoms with Crippen LogP contribution in [-0.4, -0.2) is 76.1 Å². The molecule has 1 aromatic heterocycles. The summed E-state index contributed by atoms with van der Waals surface area (Å²) in [6.45, 7) is 3.17. The molecule has 0 spiro atoms. The van der Waals surface area contributed by atoms with E-state index in [0.717, 1.165) is 57.7 Å². The molecule has 8 nitrogen and oxygen atoms in total. The number of rotatable bonds is 5. The van der Waals surface area contributed by atoms with Gasteiger partial charge in [-0.3, -0.25) is 14.7 Å². The molecule has 0 aromatic carbocycles. The Morgan fingerprint density at radius 2 is 1.87 bits per heavy atom. The summed E-state index contributed by atoms with van der Waals surface area (Å²) in [6, 6.07) is 0.152. The molecule has 8 heteroatoms. The second kappa shape index (κ2) is 9.90. The maximum absolute atomic E-state index is 13.2. The number of amides is 2. The number of carbonyl (C=O) groups is 2. The van der Waals surface area contributed by atoms with Gasteiger partial charge in [0.25, 0.3) is 0 Å². The third-order valence-corrected chi connectivity index (χ3v) is 7.22. The van der Waals surface area contributed by atoms with Crippen LogP contribution in [0.1, 0.15) is 69.5 Å². The molecule has 2 saturated heterocycles. The lowest BCUT2D eigenvalue weighted by Gasteiger charge is -2.34. The van der Waals surface area contributed by atoms with Crippen molar-refractivity contribution < 1.29 is 9.59 Å². The normalized spacial score (nSPS) is 27.2. The van der Waals surface area contributed by atoms with E-state index in [1.165, 1.54) is 25.7 Å². The molecular weight excluding hydrogens is 380 g/mol. The molecule has 1 aromatic rings. The Balaban J connectivity index is 1.25. The number of likely N-dealkylation sites (N-methyl/N-ethyl adjacent to an activating group) is 1. The number of nitrogens with one attached hydrogen (secondary N) is 2. The van der Waals surface area contributed by atoms with E-state index < -0.39 is 0 Å². The fourth-order valence-electron chi connectivity index (χ4n) is 5.54. The number of hydrogen-bond donors (Lipinski definition) is 2. The highest BCUT2D eigenvalue weighted by atomic mass is 16.2. The number of H-pyrrole nitrogens is 1. The van der Waals surface area contributed by atoms with Crippen LogP contribution in [0.25, 0.3) is 0 Å². The lowest BCUT2D eigenvalue weighted by Crippen LogP contribution is -2.44. The third kappa shape index (κ3) is 5.39. The van der Waals surface area contributed by atoms with Crippen molar-refractivity contribution in [1.82, 2.24) is 30.3 Å². The average Bonchev–Trinajstić information content (AvgIpc) is 3.42. The first-order chi connectivity index (χ1) is 14.6. The zero-order chi connectivity index (χ0) is 20.9. The summed E-state index contributed by atoms with van der Waals surface area (Å²) in [5, 5.41) is 10.2. The third-order valence-electron chi connectivity index (χ3n) is 7.22. The molecule has 3 fully saturated rings. The van der Waals surface area contributed by atoms with Crippen molar-refractivity contribution in [2.45, 2.75) is 69.7 Å². The average molecular weight is 417 g/mol. The quantitative estimate of drug-likeness (QED) is 0.765. The Kier molecular flexibility index (Phi) is 7.02. The zero-order valence-corrected chi connectivity index (χ0v) is 18.2. The molecule has 3 aliphatic rings. The molecule has 2 aliphatic heterocycles. The molecule has 4 rings (SSSR count). The van der Waals surface area contributed by atoms with E-state index in [2.05, 4.69) is 32.4 Å². The largest absolute Gasteiger partial charge is 0.352 e. The van der Waals surface area contributed by atoms with Crippen LogP contribution in [0, 0.1) is 11.8 Å². The summed E-state index contributed by atoms with van der Waals surface area (Å²) in [5.74, 6) is 2.37. The summed E-state index contributed by atoms with van der Waals surface area (Å²) in [6.07, 6.45) is 10.7. The molecule has 0 radical (unpaired) electrons. The Morgan fingerprint density at radius 3 is 2.57 bits per heavy atom. The van der Waals surface area contributed by atoms with Gasteiger partial charge in [-0.2, -0.15) is 5.10 Å². The van der Waals surface area contributed by atoms with Crippen LogP contribution < -0.4 is 5.32 Å². The van der Waals surface area contributed by atoms with Crippen molar-refractivity contribution in [3.05, 3.63) is 12.2 Å². The van der Waals surface area contributed by atoms with Gasteiger partial charge in [-0.1, -0.05) is 12.8 Å². The highest BCUT2D eigenvalue weighted by molar-refractivity contribution is 5.79. The van der Waals surface area contributed by atoms with E-state index in [1.54, 1.807) is 6.33 Å². The van der Waals surface area contributed by atoms with Gasteiger partial charge in [0.1, 0.15) is 12.2 Å². The minimum Gasteiger partial charge on any atom is -0.352 e. The summed E-state index contributed by atoms with van der Waals surface area (Å²) >= 11 is 0. The van der Waals surface area contributed by atoms with Gasteiger partial charge >= 0.3 is 0 Å². The molecule has 1 aliphatic carbocycles. The number of piperidine rings is 1. The molecule has 30 heavy (non-hydrogen) atoms. The van der Waals surface area contributed by atoms with Gasteiger partial charge in [-0.25, -0.2) is 4.98 Å². The van der Waals surface area contributed by atoms with Gasteiger partial charge in [-0.05, 0) is 51.5 Å². The van der Waals surface area contributed by atoms with Crippen LogP contribution in [0.3, 0.4) is 0 Å². The van der Waals surface area contributed by atoms with E-state index in [9.17, 15) is 9.59 Å². The topological polar surface area (TPSA) is 94.2 Å². The Labute approximate surface area is 179 Å². The van der Waals surface area contributed by atoms with Crippen LogP contribution in [0.5, 0.6) is 0 Å². The molecule has 0 unspecified atom stereocenters. The minimum absolute atomic E-state index is 0.0218. The number of aromatic nitrogens is 3. The van der Waals surface area contributed by atoms with Crippen molar-refractivity contribution in [3.63, 3.8) is 0 Å². The van der Waals surface area contributed by atoms with Gasteiger partial charge in [0.15, 0.2) is 0 Å². The fourth-order valence-corrected chi connectivity index (χ4v) is 5.54. The van der Waals surface area contributed by atoms with Crippen LogP contribution in [0.2, 0.25) is 0 Å². The van der Waals surface area contributed by atoms with Crippen LogP contribution in [0.4, 0.5) is 0 Å². The van der Waals surface area contributed by atoms with Crippen molar-refractivity contribution in [1.29, 1.82) is 0 Å². The predicted octanol–water partition coefficient (Wildman–Crippen LogP) is 1.92. The Bertz CT molecular complexity index is 694. The molecular formula is C22H36N6O2. The summed E-state index contributed by atoms with van der Waals surface area (Å²) in [5.41, 5.74) is 0. The van der Waals surface area contributed by atoms with Crippen LogP contribution in [0.15, 0.2) is 6.33 Å². The van der Waals surface area contributed by atoms with E-state index in [1.807, 2.05) is 4.90 Å². The van der Waals surface area contributed by atoms with Crippen molar-refractivity contribution in [3.8, 4) is 0 Å². The van der Waals surface area contributed by atoms with Crippen molar-refractivity contribution >= 4 is 11.8 Å². The smallest absolute Gasteiger partial charge is 0.226 e. The molecule has 2 atom stereocenters. The summed E-state index contributed by atoms with van der Waals surface area (Å²) in [4.78, 5) is 34.2. The first-order valence-electron chi connectivity index (χ1n) is 11.7. The highest BCUT2D eigenvalue weighted by Gasteiger charge is 2.33. The molecule has 1 saturated carbocycles. The number of nitrogens with zero attached hydrogens (tertiary/aromatic N) is 4. The second-order valence-corrected chi connectivity index (χ2v) is 9.58. The van der Waals surface area contributed by atoms with Gasteiger partial charge in [0.05, 0.1) is 5.92 Å². The van der Waals surface area contributed by atoms with Crippen LogP contribution in [-0.2, 0) is 9.59 Å². The first kappa shape index (κ1) is 21.3. The lowest BCUT2D eigenvalue weighted by atomic mass is 9.94. The standard InChI is InChI=1S/C22H36N6O2/c1-27-13-18(6-7-19(14-27)25-20(29)12-16-4-2-3-5-16)22(30)28-10-8-17(9-11-28)21-23-15-24-26-21/h15-19H,2-14H2,1H3,(H,25,29)(H,23,24,26)/t18-,19+/m1/s1. The minimum atomic E-state index is 0.0218. The van der Waals surface area contributed by atoms with E-state index in [4.69, 9.17) is 0 Å². The molecule has 166 valence electrons. The maximum atomic E-state index is 13.2. The molecule has 2 amide bonds. The number of hydrogen-bond acceptors (Lipinski definition) is 5. The van der Waals surface area contributed by atoms with Crippen molar-refractivity contribution in [2.75, 3.05) is 33.2 Å². The number of carbonyl (C=O) groups excluding carboxylic acids is 2. The molecule has 2 N–H and O–H groups in total. The van der Waals surface area contributed by atoms with Gasteiger partial charge in [-0.15, -0.1) is 0 Å². The highest BCUT2D eigenvalue weighted by Crippen LogP contribution is 2.29. The lowest BCUT2D eigenvalue weighted by molar-refractivity contribution is -0.137. The predicted molar refractivity (Wildman–Crippen MR) is 114 cm³/mol. The molecule has 3 heterocycles. The summed E-state index contributed by atoms with van der Waals surface area (Å²) < 4.78 is 0. The monoisotopic (exact) mass is 416 g/mol.